The van der Waals surface area contributed by atoms with Gasteiger partial charge in [-0.2, -0.15) is 0 Å². The van der Waals surface area contributed by atoms with Gasteiger partial charge >= 0.3 is 0 Å². The number of likely N-dealkylation sites (N-methyl/N-ethyl adjacent to an activating group) is 1. The molecule has 0 radical (unpaired) electrons. The standard InChI is InChI=1S/C23H27N3O3S/c1-16(21-13-7-9-18-8-4-5-12-22(18)21)25-23(27)15-26(3)17(2)19-10-6-11-20(14-19)30(24,28)29/h4-14,16-17H,15H2,1-3H3,(H,25,27)(H2,24,28,29). The summed E-state index contributed by atoms with van der Waals surface area (Å²) in [6.45, 7) is 4.07. The van der Waals surface area contributed by atoms with Gasteiger partial charge in [-0.1, -0.05) is 54.6 Å². The van der Waals surface area contributed by atoms with E-state index in [2.05, 4.69) is 23.5 Å². The van der Waals surface area contributed by atoms with Crippen molar-refractivity contribution in [2.75, 3.05) is 13.6 Å². The Labute approximate surface area is 177 Å². The minimum absolute atomic E-state index is 0.0641. The summed E-state index contributed by atoms with van der Waals surface area (Å²) in [4.78, 5) is 14.6. The molecule has 3 N–H and O–H groups in total. The van der Waals surface area contributed by atoms with Crippen molar-refractivity contribution in [1.82, 2.24) is 10.2 Å². The highest BCUT2D eigenvalue weighted by Gasteiger charge is 2.19. The summed E-state index contributed by atoms with van der Waals surface area (Å²) >= 11 is 0. The number of carbonyl (C=O) groups is 1. The van der Waals surface area contributed by atoms with Crippen molar-refractivity contribution < 1.29 is 13.2 Å². The Morgan fingerprint density at radius 1 is 1.03 bits per heavy atom. The van der Waals surface area contributed by atoms with Crippen molar-refractivity contribution >= 4 is 26.7 Å². The molecule has 0 spiro atoms. The molecule has 3 aromatic rings. The molecule has 0 aromatic heterocycles. The van der Waals surface area contributed by atoms with Gasteiger partial charge in [0.1, 0.15) is 0 Å². The lowest BCUT2D eigenvalue weighted by molar-refractivity contribution is -0.123. The first-order chi connectivity index (χ1) is 14.2. The van der Waals surface area contributed by atoms with Crippen molar-refractivity contribution in [2.45, 2.75) is 30.8 Å². The molecule has 2 unspecified atom stereocenters. The molecule has 0 aliphatic carbocycles. The fraction of sp³-hybridized carbons (Fsp3) is 0.261. The highest BCUT2D eigenvalue weighted by atomic mass is 32.2. The number of rotatable bonds is 7. The predicted molar refractivity (Wildman–Crippen MR) is 119 cm³/mol. The van der Waals surface area contributed by atoms with Crippen LogP contribution in [0.5, 0.6) is 0 Å². The Hall–Kier alpha value is -2.74. The molecule has 0 bridgehead atoms. The maximum Gasteiger partial charge on any atom is 0.238 e. The van der Waals surface area contributed by atoms with Crippen LogP contribution in [0.4, 0.5) is 0 Å². The summed E-state index contributed by atoms with van der Waals surface area (Å²) in [5.74, 6) is -0.104. The number of nitrogens with zero attached hydrogens (tertiary/aromatic N) is 1. The Morgan fingerprint density at radius 3 is 2.43 bits per heavy atom. The second-order valence-electron chi connectivity index (χ2n) is 7.57. The molecular weight excluding hydrogens is 398 g/mol. The first kappa shape index (κ1) is 22.0. The fourth-order valence-electron chi connectivity index (χ4n) is 3.56. The van der Waals surface area contributed by atoms with E-state index in [9.17, 15) is 13.2 Å². The fourth-order valence-corrected chi connectivity index (χ4v) is 4.13. The molecule has 2 atom stereocenters. The van der Waals surface area contributed by atoms with Crippen LogP contribution in [0.1, 0.15) is 37.1 Å². The minimum atomic E-state index is -3.77. The van der Waals surface area contributed by atoms with E-state index in [0.29, 0.717) is 0 Å². The van der Waals surface area contributed by atoms with Crippen molar-refractivity contribution in [2.24, 2.45) is 5.14 Å². The minimum Gasteiger partial charge on any atom is -0.348 e. The first-order valence-electron chi connectivity index (χ1n) is 9.77. The molecule has 0 heterocycles. The number of primary sulfonamides is 1. The average molecular weight is 426 g/mol. The summed E-state index contributed by atoms with van der Waals surface area (Å²) in [5.41, 5.74) is 1.84. The van der Waals surface area contributed by atoms with Crippen LogP contribution < -0.4 is 10.5 Å². The largest absolute Gasteiger partial charge is 0.348 e. The summed E-state index contributed by atoms with van der Waals surface area (Å²) < 4.78 is 23.2. The molecule has 6 nitrogen and oxygen atoms in total. The number of benzene rings is 3. The summed E-state index contributed by atoms with van der Waals surface area (Å²) in [6, 6.07) is 20.4. The monoisotopic (exact) mass is 425 g/mol. The molecule has 0 saturated carbocycles. The van der Waals surface area contributed by atoms with E-state index >= 15 is 0 Å². The van der Waals surface area contributed by atoms with E-state index in [0.717, 1.165) is 21.9 Å². The van der Waals surface area contributed by atoms with Crippen LogP contribution in [0.3, 0.4) is 0 Å². The molecule has 1 amide bonds. The number of fused-ring (bicyclic) bond motifs is 1. The number of nitrogens with two attached hydrogens (primary N) is 1. The van der Waals surface area contributed by atoms with Crippen molar-refractivity contribution in [3.8, 4) is 0 Å². The molecule has 158 valence electrons. The number of amides is 1. The van der Waals surface area contributed by atoms with Gasteiger partial charge in [-0.15, -0.1) is 0 Å². The highest BCUT2D eigenvalue weighted by Crippen LogP contribution is 2.24. The number of sulfonamides is 1. The topological polar surface area (TPSA) is 92.5 Å². The van der Waals surface area contributed by atoms with Crippen LogP contribution in [0.25, 0.3) is 10.8 Å². The van der Waals surface area contributed by atoms with Crippen molar-refractivity contribution in [1.29, 1.82) is 0 Å². The average Bonchev–Trinajstić information content (AvgIpc) is 2.72. The van der Waals surface area contributed by atoms with Gasteiger partial charge in [0.05, 0.1) is 17.5 Å². The van der Waals surface area contributed by atoms with Crippen LogP contribution in [-0.2, 0) is 14.8 Å². The van der Waals surface area contributed by atoms with E-state index < -0.39 is 10.0 Å². The van der Waals surface area contributed by atoms with E-state index in [4.69, 9.17) is 5.14 Å². The smallest absolute Gasteiger partial charge is 0.238 e. The van der Waals surface area contributed by atoms with E-state index in [1.165, 1.54) is 6.07 Å². The Morgan fingerprint density at radius 2 is 1.70 bits per heavy atom. The zero-order valence-electron chi connectivity index (χ0n) is 17.4. The van der Waals surface area contributed by atoms with Gasteiger partial charge in [-0.05, 0) is 54.9 Å². The summed E-state index contributed by atoms with van der Waals surface area (Å²) in [6.07, 6.45) is 0. The normalized spacial score (nSPS) is 13.9. The third-order valence-corrected chi connectivity index (χ3v) is 6.30. The maximum absolute atomic E-state index is 12.7. The first-order valence-corrected chi connectivity index (χ1v) is 11.3. The van der Waals surface area contributed by atoms with Crippen molar-refractivity contribution in [3.05, 3.63) is 77.9 Å². The van der Waals surface area contributed by atoms with Crippen LogP contribution in [0.2, 0.25) is 0 Å². The molecule has 7 heteroatoms. The zero-order valence-corrected chi connectivity index (χ0v) is 18.2. The number of nitrogens with one attached hydrogen (secondary N) is 1. The SMILES string of the molecule is CC(NC(=O)CN(C)C(C)c1cccc(S(N)(=O)=O)c1)c1cccc2ccccc12. The van der Waals surface area contributed by atoms with Crippen LogP contribution in [-0.4, -0.2) is 32.8 Å². The quantitative estimate of drug-likeness (QED) is 0.607. The predicted octanol–water partition coefficient (Wildman–Crippen LogP) is 3.36. The van der Waals surface area contributed by atoms with Gasteiger partial charge < -0.3 is 5.32 Å². The number of hydrogen-bond donors (Lipinski definition) is 2. The molecule has 30 heavy (non-hydrogen) atoms. The van der Waals surface area contributed by atoms with Gasteiger partial charge in [0, 0.05) is 6.04 Å². The lowest BCUT2D eigenvalue weighted by atomic mass is 9.99. The maximum atomic E-state index is 12.7. The molecule has 0 aliphatic rings. The van der Waals surface area contributed by atoms with E-state index in [1.807, 2.05) is 56.1 Å². The van der Waals surface area contributed by atoms with E-state index in [1.54, 1.807) is 12.1 Å². The van der Waals surface area contributed by atoms with E-state index in [-0.39, 0.29) is 29.4 Å². The molecule has 3 rings (SSSR count). The molecule has 0 saturated heterocycles. The third kappa shape index (κ3) is 5.05. The van der Waals surface area contributed by atoms with Gasteiger partial charge in [-0.3, -0.25) is 9.69 Å². The second kappa shape index (κ2) is 8.95. The number of hydrogen-bond acceptors (Lipinski definition) is 4. The summed E-state index contributed by atoms with van der Waals surface area (Å²) in [7, 11) is -1.94. The Bertz CT molecular complexity index is 1160. The van der Waals surface area contributed by atoms with Crippen LogP contribution in [0.15, 0.2) is 71.6 Å². The van der Waals surface area contributed by atoms with Gasteiger partial charge in [0.2, 0.25) is 15.9 Å². The van der Waals surface area contributed by atoms with Gasteiger partial charge in [0.25, 0.3) is 0 Å². The molecular formula is C23H27N3O3S. The highest BCUT2D eigenvalue weighted by molar-refractivity contribution is 7.89. The third-order valence-electron chi connectivity index (χ3n) is 5.39. The lowest BCUT2D eigenvalue weighted by Gasteiger charge is -2.26. The van der Waals surface area contributed by atoms with Gasteiger partial charge in [-0.25, -0.2) is 13.6 Å². The lowest BCUT2D eigenvalue weighted by Crippen LogP contribution is -2.37. The van der Waals surface area contributed by atoms with Gasteiger partial charge in [0.15, 0.2) is 0 Å². The second-order valence-corrected chi connectivity index (χ2v) is 9.13. The molecule has 3 aromatic carbocycles. The van der Waals surface area contributed by atoms with Crippen LogP contribution in [0, 0.1) is 0 Å². The Kier molecular flexibility index (Phi) is 6.55. The van der Waals surface area contributed by atoms with Crippen molar-refractivity contribution in [3.63, 3.8) is 0 Å². The number of carbonyl (C=O) groups excluding carboxylic acids is 1. The zero-order chi connectivity index (χ0) is 21.9. The molecule has 0 aliphatic heterocycles. The molecule has 0 fully saturated rings. The van der Waals surface area contributed by atoms with Crippen LogP contribution >= 0.6 is 0 Å². The summed E-state index contributed by atoms with van der Waals surface area (Å²) in [5, 5.41) is 10.5. The Balaban J connectivity index is 1.68.